The first kappa shape index (κ1) is 16.3. The van der Waals surface area contributed by atoms with Gasteiger partial charge in [0.25, 0.3) is 0 Å². The maximum Gasteiger partial charge on any atom is 0.0334 e. The summed E-state index contributed by atoms with van der Waals surface area (Å²) in [5.41, 5.74) is 6.44. The summed E-state index contributed by atoms with van der Waals surface area (Å²) in [6.45, 7) is 7.91. The quantitative estimate of drug-likeness (QED) is 0.805. The van der Waals surface area contributed by atoms with Crippen LogP contribution in [0.3, 0.4) is 0 Å². The SMILES string of the molecule is CCC(CSC)N(C)C1(CN)CCC(C)C(C)C1. The summed E-state index contributed by atoms with van der Waals surface area (Å²) in [6, 6.07) is 0.671. The summed E-state index contributed by atoms with van der Waals surface area (Å²) in [4.78, 5) is 2.62. The van der Waals surface area contributed by atoms with Gasteiger partial charge in [-0.2, -0.15) is 11.8 Å². The van der Waals surface area contributed by atoms with Crippen LogP contribution < -0.4 is 5.73 Å². The number of nitrogens with zero attached hydrogens (tertiary/aromatic N) is 1. The Hall–Kier alpha value is 0.270. The molecule has 0 saturated heterocycles. The molecule has 4 atom stereocenters. The number of nitrogens with two attached hydrogens (primary N) is 1. The molecule has 2 nitrogen and oxygen atoms in total. The minimum absolute atomic E-state index is 0.252. The molecule has 108 valence electrons. The summed E-state index contributed by atoms with van der Waals surface area (Å²) in [5, 5.41) is 0. The zero-order chi connectivity index (χ0) is 13.8. The Labute approximate surface area is 118 Å². The van der Waals surface area contributed by atoms with Gasteiger partial charge in [-0.1, -0.05) is 20.8 Å². The minimum atomic E-state index is 0.252. The first-order valence-electron chi connectivity index (χ1n) is 7.42. The van der Waals surface area contributed by atoms with E-state index in [1.165, 1.54) is 31.4 Å². The number of hydrogen-bond donors (Lipinski definition) is 1. The maximum absolute atomic E-state index is 6.19. The van der Waals surface area contributed by atoms with Gasteiger partial charge in [-0.05, 0) is 50.8 Å². The highest BCUT2D eigenvalue weighted by atomic mass is 32.2. The summed E-state index contributed by atoms with van der Waals surface area (Å²) in [6.07, 6.45) is 7.31. The fourth-order valence-electron chi connectivity index (χ4n) is 3.42. The van der Waals surface area contributed by atoms with Gasteiger partial charge in [0.1, 0.15) is 0 Å². The summed E-state index contributed by atoms with van der Waals surface area (Å²) in [5.74, 6) is 2.88. The summed E-state index contributed by atoms with van der Waals surface area (Å²) in [7, 11) is 2.31. The zero-order valence-electron chi connectivity index (χ0n) is 12.9. The topological polar surface area (TPSA) is 29.3 Å². The Balaban J connectivity index is 2.80. The van der Waals surface area contributed by atoms with E-state index in [0.717, 1.165) is 18.4 Å². The Morgan fingerprint density at radius 1 is 1.39 bits per heavy atom. The molecule has 1 aliphatic rings. The standard InChI is InChI=1S/C15H32N2S/c1-6-14(10-18-5)17(4)15(11-16)8-7-12(2)13(3)9-15/h12-14H,6-11,16H2,1-5H3. The van der Waals surface area contributed by atoms with E-state index in [-0.39, 0.29) is 5.54 Å². The second-order valence-electron chi connectivity index (χ2n) is 6.25. The Kier molecular flexibility index (Phi) is 6.49. The molecule has 0 aromatic carbocycles. The number of likely N-dealkylation sites (N-methyl/N-ethyl adjacent to an activating group) is 1. The molecule has 0 aliphatic heterocycles. The highest BCUT2D eigenvalue weighted by molar-refractivity contribution is 7.98. The van der Waals surface area contributed by atoms with Gasteiger partial charge in [0, 0.05) is 23.9 Å². The van der Waals surface area contributed by atoms with Gasteiger partial charge in [0.15, 0.2) is 0 Å². The van der Waals surface area contributed by atoms with Crippen molar-refractivity contribution in [1.29, 1.82) is 0 Å². The molecule has 3 heteroatoms. The van der Waals surface area contributed by atoms with E-state index in [1.807, 2.05) is 11.8 Å². The lowest BCUT2D eigenvalue weighted by Crippen LogP contribution is -2.59. The highest BCUT2D eigenvalue weighted by Gasteiger charge is 2.41. The fourth-order valence-corrected chi connectivity index (χ4v) is 4.26. The monoisotopic (exact) mass is 272 g/mol. The van der Waals surface area contributed by atoms with E-state index in [0.29, 0.717) is 6.04 Å². The second kappa shape index (κ2) is 7.16. The van der Waals surface area contributed by atoms with E-state index in [4.69, 9.17) is 5.73 Å². The molecule has 1 aliphatic carbocycles. The molecule has 0 aromatic heterocycles. The lowest BCUT2D eigenvalue weighted by molar-refractivity contribution is 0.0159. The van der Waals surface area contributed by atoms with E-state index in [2.05, 4.69) is 39.0 Å². The van der Waals surface area contributed by atoms with Crippen molar-refractivity contribution in [3.63, 3.8) is 0 Å². The lowest BCUT2D eigenvalue weighted by Gasteiger charge is -2.50. The molecule has 2 N–H and O–H groups in total. The molecule has 0 heterocycles. The predicted octanol–water partition coefficient (Wildman–Crippen LogP) is 3.21. The maximum atomic E-state index is 6.19. The van der Waals surface area contributed by atoms with Crippen LogP contribution in [0.4, 0.5) is 0 Å². The molecular formula is C15H32N2S. The van der Waals surface area contributed by atoms with Crippen LogP contribution in [0.15, 0.2) is 0 Å². The van der Waals surface area contributed by atoms with Crippen LogP contribution in [0.2, 0.25) is 0 Å². The van der Waals surface area contributed by atoms with Crippen molar-refractivity contribution in [2.24, 2.45) is 17.6 Å². The van der Waals surface area contributed by atoms with Gasteiger partial charge in [-0.25, -0.2) is 0 Å². The van der Waals surface area contributed by atoms with Crippen LogP contribution in [0, 0.1) is 11.8 Å². The van der Waals surface area contributed by atoms with Crippen molar-refractivity contribution in [2.75, 3.05) is 25.6 Å². The Bertz CT molecular complexity index is 247. The van der Waals surface area contributed by atoms with Crippen molar-refractivity contribution in [3.05, 3.63) is 0 Å². The normalized spacial score (nSPS) is 34.8. The minimum Gasteiger partial charge on any atom is -0.329 e. The molecule has 0 spiro atoms. The van der Waals surface area contributed by atoms with E-state index in [9.17, 15) is 0 Å². The molecule has 1 rings (SSSR count). The van der Waals surface area contributed by atoms with Crippen molar-refractivity contribution < 1.29 is 0 Å². The number of hydrogen-bond acceptors (Lipinski definition) is 3. The van der Waals surface area contributed by atoms with Crippen molar-refractivity contribution >= 4 is 11.8 Å². The van der Waals surface area contributed by atoms with Gasteiger partial charge < -0.3 is 5.73 Å². The number of thioether (sulfide) groups is 1. The van der Waals surface area contributed by atoms with Crippen molar-refractivity contribution in [1.82, 2.24) is 4.90 Å². The van der Waals surface area contributed by atoms with E-state index in [1.54, 1.807) is 0 Å². The fraction of sp³-hybridized carbons (Fsp3) is 1.00. The van der Waals surface area contributed by atoms with Gasteiger partial charge in [0.2, 0.25) is 0 Å². The van der Waals surface area contributed by atoms with Gasteiger partial charge in [-0.15, -0.1) is 0 Å². The van der Waals surface area contributed by atoms with E-state index < -0.39 is 0 Å². The van der Waals surface area contributed by atoms with Crippen molar-refractivity contribution in [3.8, 4) is 0 Å². The first-order valence-corrected chi connectivity index (χ1v) is 8.82. The molecule has 0 radical (unpaired) electrons. The molecular weight excluding hydrogens is 240 g/mol. The zero-order valence-corrected chi connectivity index (χ0v) is 13.7. The molecule has 0 amide bonds. The summed E-state index contributed by atoms with van der Waals surface area (Å²) < 4.78 is 0. The van der Waals surface area contributed by atoms with Gasteiger partial charge >= 0.3 is 0 Å². The molecule has 4 unspecified atom stereocenters. The lowest BCUT2D eigenvalue weighted by atomic mass is 9.70. The average Bonchev–Trinajstić information content (AvgIpc) is 2.38. The average molecular weight is 273 g/mol. The Morgan fingerprint density at radius 2 is 2.06 bits per heavy atom. The molecule has 0 bridgehead atoms. The van der Waals surface area contributed by atoms with Crippen LogP contribution in [0.25, 0.3) is 0 Å². The van der Waals surface area contributed by atoms with Crippen molar-refractivity contribution in [2.45, 2.75) is 58.0 Å². The first-order chi connectivity index (χ1) is 8.50. The van der Waals surface area contributed by atoms with Crippen LogP contribution >= 0.6 is 11.8 Å². The Morgan fingerprint density at radius 3 is 2.50 bits per heavy atom. The van der Waals surface area contributed by atoms with Crippen LogP contribution in [-0.2, 0) is 0 Å². The van der Waals surface area contributed by atoms with Gasteiger partial charge in [0.05, 0.1) is 0 Å². The molecule has 18 heavy (non-hydrogen) atoms. The van der Waals surface area contributed by atoms with E-state index >= 15 is 0 Å². The third-order valence-electron chi connectivity index (χ3n) is 5.24. The molecule has 0 aromatic rings. The second-order valence-corrected chi connectivity index (χ2v) is 7.16. The molecule has 1 fully saturated rings. The number of rotatable bonds is 6. The largest absolute Gasteiger partial charge is 0.329 e. The third kappa shape index (κ3) is 3.43. The predicted molar refractivity (Wildman–Crippen MR) is 84.2 cm³/mol. The van der Waals surface area contributed by atoms with Crippen LogP contribution in [0.1, 0.15) is 46.5 Å². The van der Waals surface area contributed by atoms with Crippen LogP contribution in [0.5, 0.6) is 0 Å². The van der Waals surface area contributed by atoms with Gasteiger partial charge in [-0.3, -0.25) is 4.90 Å². The highest BCUT2D eigenvalue weighted by Crippen LogP contribution is 2.40. The third-order valence-corrected chi connectivity index (χ3v) is 5.96. The smallest absolute Gasteiger partial charge is 0.0334 e. The summed E-state index contributed by atoms with van der Waals surface area (Å²) >= 11 is 1.95. The molecule has 1 saturated carbocycles. The van der Waals surface area contributed by atoms with Crippen LogP contribution in [-0.4, -0.2) is 42.1 Å².